The van der Waals surface area contributed by atoms with Crippen molar-refractivity contribution in [2.45, 2.75) is 25.7 Å². The molecule has 0 radical (unpaired) electrons. The molecule has 1 aliphatic rings. The Hall–Kier alpha value is -3.29. The summed E-state index contributed by atoms with van der Waals surface area (Å²) in [6.45, 7) is 5.06. The van der Waals surface area contributed by atoms with E-state index in [1.807, 2.05) is 32.0 Å². The Labute approximate surface area is 163 Å². The molecule has 0 bridgehead atoms. The van der Waals surface area contributed by atoms with Crippen LogP contribution in [0.2, 0.25) is 0 Å². The average Bonchev–Trinajstić information content (AvgIpc) is 3.14. The summed E-state index contributed by atoms with van der Waals surface area (Å²) in [7, 11) is 0. The van der Waals surface area contributed by atoms with Gasteiger partial charge >= 0.3 is 0 Å². The lowest BCUT2D eigenvalue weighted by Gasteiger charge is -2.26. The Morgan fingerprint density at radius 1 is 1.18 bits per heavy atom. The Morgan fingerprint density at radius 3 is 2.71 bits per heavy atom. The lowest BCUT2D eigenvalue weighted by molar-refractivity contribution is -0.384. The molecule has 0 saturated carbocycles. The van der Waals surface area contributed by atoms with Crippen molar-refractivity contribution < 1.29 is 19.2 Å². The van der Waals surface area contributed by atoms with Crippen molar-refractivity contribution in [1.29, 1.82) is 0 Å². The van der Waals surface area contributed by atoms with E-state index in [9.17, 15) is 14.9 Å². The Kier molecular flexibility index (Phi) is 5.67. The van der Waals surface area contributed by atoms with Crippen LogP contribution in [0.3, 0.4) is 0 Å². The molecule has 2 aromatic carbocycles. The molecule has 0 atom stereocenters. The summed E-state index contributed by atoms with van der Waals surface area (Å²) in [6.07, 6.45) is 0.212. The number of carbonyl (C=O) groups is 1. The minimum absolute atomic E-state index is 0.00755. The van der Waals surface area contributed by atoms with E-state index in [2.05, 4.69) is 10.6 Å². The van der Waals surface area contributed by atoms with Gasteiger partial charge in [0.1, 0.15) is 5.69 Å². The first-order valence-corrected chi connectivity index (χ1v) is 9.01. The Bertz CT molecular complexity index is 882. The van der Waals surface area contributed by atoms with Crippen LogP contribution in [0.4, 0.5) is 11.4 Å². The lowest BCUT2D eigenvalue weighted by atomic mass is 9.84. The van der Waals surface area contributed by atoms with Crippen LogP contribution in [-0.4, -0.2) is 30.7 Å². The standard InChI is InChI=1S/C20H23N3O5/c1-20(2,14-7-8-17-18(11-14)28-13-27-17)12-22-19(24)9-10-21-15-5-3-4-6-16(15)23(25)26/h3-8,11,21H,9-10,12-13H2,1-2H3,(H,22,24). The first-order valence-electron chi connectivity index (χ1n) is 9.01. The van der Waals surface area contributed by atoms with E-state index in [1.54, 1.807) is 18.2 Å². The summed E-state index contributed by atoms with van der Waals surface area (Å²) in [5.41, 5.74) is 1.14. The molecule has 2 N–H and O–H groups in total. The van der Waals surface area contributed by atoms with Crippen LogP contribution in [0.1, 0.15) is 25.8 Å². The van der Waals surface area contributed by atoms with Gasteiger partial charge in [0.05, 0.1) is 4.92 Å². The number of hydrogen-bond acceptors (Lipinski definition) is 6. The number of nitrogens with zero attached hydrogens (tertiary/aromatic N) is 1. The smallest absolute Gasteiger partial charge is 0.292 e. The fourth-order valence-corrected chi connectivity index (χ4v) is 2.92. The topological polar surface area (TPSA) is 103 Å². The number of carbonyl (C=O) groups excluding carboxylic acids is 1. The maximum absolute atomic E-state index is 12.2. The number of amides is 1. The summed E-state index contributed by atoms with van der Waals surface area (Å²) in [5.74, 6) is 1.31. The highest BCUT2D eigenvalue weighted by Gasteiger charge is 2.24. The first kappa shape index (κ1) is 19.5. The molecule has 28 heavy (non-hydrogen) atoms. The van der Waals surface area contributed by atoms with E-state index in [-0.39, 0.29) is 30.2 Å². The number of nitro groups is 1. The van der Waals surface area contributed by atoms with E-state index in [0.29, 0.717) is 24.5 Å². The number of nitrogens with one attached hydrogen (secondary N) is 2. The second-order valence-corrected chi connectivity index (χ2v) is 7.18. The van der Waals surface area contributed by atoms with Crippen LogP contribution in [0.5, 0.6) is 11.5 Å². The van der Waals surface area contributed by atoms with Gasteiger partial charge in [0.15, 0.2) is 11.5 Å². The van der Waals surface area contributed by atoms with Crippen molar-refractivity contribution in [3.63, 3.8) is 0 Å². The molecule has 1 heterocycles. The highest BCUT2D eigenvalue weighted by atomic mass is 16.7. The summed E-state index contributed by atoms with van der Waals surface area (Å²) in [6, 6.07) is 12.1. The number of anilines is 1. The lowest BCUT2D eigenvalue weighted by Crippen LogP contribution is -2.37. The molecule has 0 aromatic heterocycles. The van der Waals surface area contributed by atoms with Crippen molar-refractivity contribution in [1.82, 2.24) is 5.32 Å². The van der Waals surface area contributed by atoms with E-state index in [4.69, 9.17) is 9.47 Å². The number of ether oxygens (including phenoxy) is 2. The fraction of sp³-hybridized carbons (Fsp3) is 0.350. The second kappa shape index (κ2) is 8.16. The molecule has 0 aliphatic carbocycles. The summed E-state index contributed by atoms with van der Waals surface area (Å²) in [5, 5.41) is 16.9. The van der Waals surface area contributed by atoms with Gasteiger partial charge in [0, 0.05) is 31.0 Å². The predicted molar refractivity (Wildman–Crippen MR) is 105 cm³/mol. The largest absolute Gasteiger partial charge is 0.454 e. The molecule has 0 spiro atoms. The molecule has 8 heteroatoms. The van der Waals surface area contributed by atoms with Crippen LogP contribution in [0.15, 0.2) is 42.5 Å². The molecule has 148 valence electrons. The number of benzene rings is 2. The normalized spacial score (nSPS) is 12.5. The van der Waals surface area contributed by atoms with Crippen molar-refractivity contribution in [2.24, 2.45) is 0 Å². The van der Waals surface area contributed by atoms with Crippen LogP contribution >= 0.6 is 0 Å². The number of fused-ring (bicyclic) bond motifs is 1. The van der Waals surface area contributed by atoms with Gasteiger partial charge in [-0.1, -0.05) is 32.0 Å². The van der Waals surface area contributed by atoms with E-state index in [1.165, 1.54) is 6.07 Å². The van der Waals surface area contributed by atoms with Gasteiger partial charge < -0.3 is 20.1 Å². The van der Waals surface area contributed by atoms with E-state index < -0.39 is 4.92 Å². The van der Waals surface area contributed by atoms with Gasteiger partial charge in [-0.3, -0.25) is 14.9 Å². The van der Waals surface area contributed by atoms with Crippen LogP contribution in [0.25, 0.3) is 0 Å². The van der Waals surface area contributed by atoms with Crippen molar-refractivity contribution in [3.05, 3.63) is 58.1 Å². The first-order chi connectivity index (χ1) is 13.4. The molecule has 2 aromatic rings. The van der Waals surface area contributed by atoms with Crippen molar-refractivity contribution >= 4 is 17.3 Å². The van der Waals surface area contributed by atoms with Crippen LogP contribution < -0.4 is 20.1 Å². The van der Waals surface area contributed by atoms with E-state index >= 15 is 0 Å². The van der Waals surface area contributed by atoms with Gasteiger partial charge in [-0.15, -0.1) is 0 Å². The Balaban J connectivity index is 1.49. The molecule has 3 rings (SSSR count). The van der Waals surface area contributed by atoms with Gasteiger partial charge in [-0.25, -0.2) is 0 Å². The number of hydrogen-bond donors (Lipinski definition) is 2. The van der Waals surface area contributed by atoms with Gasteiger partial charge in [-0.2, -0.15) is 0 Å². The summed E-state index contributed by atoms with van der Waals surface area (Å²) in [4.78, 5) is 22.7. The van der Waals surface area contributed by atoms with Gasteiger partial charge in [0.25, 0.3) is 5.69 Å². The summed E-state index contributed by atoms with van der Waals surface area (Å²) < 4.78 is 10.7. The molecule has 0 unspecified atom stereocenters. The molecular formula is C20H23N3O5. The Morgan fingerprint density at radius 2 is 1.93 bits per heavy atom. The molecular weight excluding hydrogens is 362 g/mol. The molecule has 0 saturated heterocycles. The third-order valence-corrected chi connectivity index (χ3v) is 4.65. The van der Waals surface area contributed by atoms with Gasteiger partial charge in [0.2, 0.25) is 12.7 Å². The highest BCUT2D eigenvalue weighted by Crippen LogP contribution is 2.36. The highest BCUT2D eigenvalue weighted by molar-refractivity contribution is 5.76. The molecule has 0 fully saturated rings. The second-order valence-electron chi connectivity index (χ2n) is 7.18. The van der Waals surface area contributed by atoms with Crippen LogP contribution in [-0.2, 0) is 10.2 Å². The predicted octanol–water partition coefficient (Wildman–Crippen LogP) is 3.22. The van der Waals surface area contributed by atoms with Crippen LogP contribution in [0, 0.1) is 10.1 Å². The zero-order chi connectivity index (χ0) is 20.1. The average molecular weight is 385 g/mol. The third-order valence-electron chi connectivity index (χ3n) is 4.65. The quantitative estimate of drug-likeness (QED) is 0.534. The SMILES string of the molecule is CC(C)(CNC(=O)CCNc1ccccc1[N+](=O)[O-])c1ccc2c(c1)OCO2. The van der Waals surface area contributed by atoms with Gasteiger partial charge in [-0.05, 0) is 23.8 Å². The van der Waals surface area contributed by atoms with Crippen molar-refractivity contribution in [2.75, 3.05) is 25.2 Å². The third kappa shape index (κ3) is 4.51. The minimum Gasteiger partial charge on any atom is -0.454 e. The fourth-order valence-electron chi connectivity index (χ4n) is 2.92. The monoisotopic (exact) mass is 385 g/mol. The molecule has 8 nitrogen and oxygen atoms in total. The number of nitro benzene ring substituents is 1. The maximum atomic E-state index is 12.2. The number of rotatable bonds is 8. The number of para-hydroxylation sites is 2. The van der Waals surface area contributed by atoms with Crippen molar-refractivity contribution in [3.8, 4) is 11.5 Å². The summed E-state index contributed by atoms with van der Waals surface area (Å²) >= 11 is 0. The minimum atomic E-state index is -0.448. The van der Waals surface area contributed by atoms with E-state index in [0.717, 1.165) is 11.3 Å². The molecule has 1 amide bonds. The molecule has 1 aliphatic heterocycles. The maximum Gasteiger partial charge on any atom is 0.292 e. The zero-order valence-electron chi connectivity index (χ0n) is 15.9. The zero-order valence-corrected chi connectivity index (χ0v) is 15.9.